The molecule has 138 valence electrons. The van der Waals surface area contributed by atoms with E-state index >= 15 is 0 Å². The summed E-state index contributed by atoms with van der Waals surface area (Å²) in [6, 6.07) is 2.39. The molecule has 0 spiro atoms. The molecule has 3 rings (SSSR count). The van der Waals surface area contributed by atoms with E-state index in [0.29, 0.717) is 10.9 Å². The Morgan fingerprint density at radius 2 is 1.77 bits per heavy atom. The Morgan fingerprint density at radius 3 is 2.31 bits per heavy atom. The monoisotopic (exact) mass is 389 g/mol. The first-order chi connectivity index (χ1) is 12.3. The van der Waals surface area contributed by atoms with E-state index in [1.54, 1.807) is 11.8 Å². The number of anilines is 1. The molecule has 1 amide bonds. The molecule has 0 saturated heterocycles. The highest BCUT2D eigenvalue weighted by Gasteiger charge is 2.34. The summed E-state index contributed by atoms with van der Waals surface area (Å²) in [4.78, 5) is 26.4. The SMILES string of the molecule is CC(=O)N(c1nnc(SCC(=O)c2c(C)c(C)cc(C)c2C)s1)C1CC1. The maximum Gasteiger partial charge on any atom is 0.225 e. The van der Waals surface area contributed by atoms with E-state index in [1.165, 1.54) is 23.1 Å². The van der Waals surface area contributed by atoms with E-state index < -0.39 is 0 Å². The van der Waals surface area contributed by atoms with Gasteiger partial charge in [0.1, 0.15) is 0 Å². The van der Waals surface area contributed by atoms with Crippen LogP contribution in [0.15, 0.2) is 10.4 Å². The number of Topliss-reactive ketones (excluding diaryl/α,β-unsaturated/α-hetero) is 1. The van der Waals surface area contributed by atoms with Gasteiger partial charge in [-0.3, -0.25) is 14.5 Å². The number of hydrogen-bond acceptors (Lipinski definition) is 6. The molecule has 0 radical (unpaired) electrons. The van der Waals surface area contributed by atoms with Crippen LogP contribution in [0.5, 0.6) is 0 Å². The van der Waals surface area contributed by atoms with Gasteiger partial charge in [-0.05, 0) is 62.8 Å². The molecular weight excluding hydrogens is 366 g/mol. The lowest BCUT2D eigenvalue weighted by Crippen LogP contribution is -2.30. The third-order valence-electron chi connectivity index (χ3n) is 4.82. The first-order valence-electron chi connectivity index (χ1n) is 8.66. The molecule has 0 aliphatic heterocycles. The van der Waals surface area contributed by atoms with Gasteiger partial charge in [0.2, 0.25) is 11.0 Å². The Balaban J connectivity index is 1.72. The molecule has 0 atom stereocenters. The second kappa shape index (κ2) is 7.48. The topological polar surface area (TPSA) is 63.2 Å². The minimum Gasteiger partial charge on any atom is -0.293 e. The highest BCUT2D eigenvalue weighted by atomic mass is 32.2. The third-order valence-corrected chi connectivity index (χ3v) is 6.88. The summed E-state index contributed by atoms with van der Waals surface area (Å²) in [6.07, 6.45) is 2.04. The van der Waals surface area contributed by atoms with Crippen LogP contribution in [0, 0.1) is 27.7 Å². The number of benzene rings is 1. The quantitative estimate of drug-likeness (QED) is 0.420. The standard InChI is InChI=1S/C19H23N3O2S2/c1-10-8-11(2)13(4)17(12(10)3)16(24)9-25-19-21-20-18(26-19)22(14(5)23)15-6-7-15/h8,15H,6-7,9H2,1-5H3. The Kier molecular flexibility index (Phi) is 5.48. The fraction of sp³-hybridized carbons (Fsp3) is 0.474. The number of amides is 1. The van der Waals surface area contributed by atoms with Gasteiger partial charge in [-0.15, -0.1) is 10.2 Å². The molecule has 1 aromatic heterocycles. The molecule has 7 heteroatoms. The van der Waals surface area contributed by atoms with Crippen molar-refractivity contribution < 1.29 is 9.59 Å². The second-order valence-electron chi connectivity index (χ2n) is 6.82. The lowest BCUT2D eigenvalue weighted by Gasteiger charge is -2.15. The molecule has 0 unspecified atom stereocenters. The van der Waals surface area contributed by atoms with Crippen LogP contribution in [-0.4, -0.2) is 33.7 Å². The van der Waals surface area contributed by atoms with E-state index in [1.807, 2.05) is 27.7 Å². The Bertz CT molecular complexity index is 846. The molecule has 1 saturated carbocycles. The highest BCUT2D eigenvalue weighted by molar-refractivity contribution is 8.01. The van der Waals surface area contributed by atoms with E-state index in [-0.39, 0.29) is 17.7 Å². The first-order valence-corrected chi connectivity index (χ1v) is 10.5. The molecule has 0 bridgehead atoms. The molecule has 0 N–H and O–H groups in total. The van der Waals surface area contributed by atoms with E-state index in [2.05, 4.69) is 16.3 Å². The number of rotatable bonds is 6. The first kappa shape index (κ1) is 19.0. The van der Waals surface area contributed by atoms with Crippen LogP contribution in [-0.2, 0) is 4.79 Å². The molecule has 1 fully saturated rings. The zero-order valence-corrected chi connectivity index (χ0v) is 17.4. The summed E-state index contributed by atoms with van der Waals surface area (Å²) in [5, 5.41) is 8.95. The third kappa shape index (κ3) is 3.83. The Morgan fingerprint density at radius 1 is 1.15 bits per heavy atom. The maximum atomic E-state index is 12.8. The van der Waals surface area contributed by atoms with Crippen molar-refractivity contribution in [2.75, 3.05) is 10.7 Å². The lowest BCUT2D eigenvalue weighted by atomic mass is 9.92. The Hall–Kier alpha value is -1.73. The summed E-state index contributed by atoms with van der Waals surface area (Å²) >= 11 is 2.78. The minimum absolute atomic E-state index is 0.00207. The number of aryl methyl sites for hydroxylation is 2. The van der Waals surface area contributed by atoms with Crippen LogP contribution in [0.4, 0.5) is 5.13 Å². The van der Waals surface area contributed by atoms with Gasteiger partial charge < -0.3 is 0 Å². The number of nitrogens with zero attached hydrogens (tertiary/aromatic N) is 3. The van der Waals surface area contributed by atoms with Gasteiger partial charge in [0, 0.05) is 18.5 Å². The van der Waals surface area contributed by atoms with Crippen LogP contribution >= 0.6 is 23.1 Å². The van der Waals surface area contributed by atoms with Crippen molar-refractivity contribution in [3.8, 4) is 0 Å². The molecule has 1 aromatic carbocycles. The molecular formula is C19H23N3O2S2. The van der Waals surface area contributed by atoms with E-state index in [4.69, 9.17) is 0 Å². The van der Waals surface area contributed by atoms with Crippen LogP contribution in [0.25, 0.3) is 0 Å². The average Bonchev–Trinajstić information content (AvgIpc) is 3.29. The van der Waals surface area contributed by atoms with Gasteiger partial charge in [0.05, 0.1) is 5.75 Å². The van der Waals surface area contributed by atoms with Gasteiger partial charge >= 0.3 is 0 Å². The number of thioether (sulfide) groups is 1. The van der Waals surface area contributed by atoms with Crippen molar-refractivity contribution in [2.24, 2.45) is 0 Å². The zero-order valence-electron chi connectivity index (χ0n) is 15.8. The van der Waals surface area contributed by atoms with Gasteiger partial charge in [-0.1, -0.05) is 29.2 Å². The summed E-state index contributed by atoms with van der Waals surface area (Å²) in [7, 11) is 0. The second-order valence-corrected chi connectivity index (χ2v) is 9.00. The fourth-order valence-corrected chi connectivity index (χ4v) is 4.90. The van der Waals surface area contributed by atoms with Crippen LogP contribution in [0.3, 0.4) is 0 Å². The van der Waals surface area contributed by atoms with Crippen molar-refractivity contribution in [1.29, 1.82) is 0 Å². The number of ketones is 1. The van der Waals surface area contributed by atoms with Crippen molar-refractivity contribution >= 4 is 39.9 Å². The maximum absolute atomic E-state index is 12.8. The van der Waals surface area contributed by atoms with Crippen LogP contribution in [0.2, 0.25) is 0 Å². The predicted molar refractivity (Wildman–Crippen MR) is 107 cm³/mol. The molecule has 1 heterocycles. The molecule has 5 nitrogen and oxygen atoms in total. The fourth-order valence-electron chi connectivity index (χ4n) is 3.07. The predicted octanol–water partition coefficient (Wildman–Crippen LogP) is 4.26. The number of carbonyl (C=O) groups excluding carboxylic acids is 2. The smallest absolute Gasteiger partial charge is 0.225 e. The zero-order chi connectivity index (χ0) is 19.0. The normalized spacial score (nSPS) is 13.7. The minimum atomic E-state index is -0.00207. The summed E-state index contributed by atoms with van der Waals surface area (Å²) in [5.41, 5.74) is 5.20. The van der Waals surface area contributed by atoms with Crippen molar-refractivity contribution in [3.63, 3.8) is 0 Å². The lowest BCUT2D eigenvalue weighted by molar-refractivity contribution is -0.116. The molecule has 1 aliphatic carbocycles. The average molecular weight is 390 g/mol. The summed E-state index contributed by atoms with van der Waals surface area (Å²) < 4.78 is 0.722. The highest BCUT2D eigenvalue weighted by Crippen LogP contribution is 2.36. The van der Waals surface area contributed by atoms with Crippen molar-refractivity contribution in [1.82, 2.24) is 10.2 Å². The number of hydrogen-bond donors (Lipinski definition) is 0. The van der Waals surface area contributed by atoms with Gasteiger partial charge in [0.15, 0.2) is 10.1 Å². The molecule has 1 aliphatic rings. The van der Waals surface area contributed by atoms with Crippen molar-refractivity contribution in [3.05, 3.63) is 33.9 Å². The summed E-state index contributed by atoms with van der Waals surface area (Å²) in [6.45, 7) is 9.64. The molecule has 26 heavy (non-hydrogen) atoms. The molecule has 2 aromatic rings. The van der Waals surface area contributed by atoms with E-state index in [0.717, 1.165) is 45.0 Å². The number of aromatic nitrogens is 2. The Labute approximate surface area is 162 Å². The largest absolute Gasteiger partial charge is 0.293 e. The van der Waals surface area contributed by atoms with Crippen LogP contribution in [0.1, 0.15) is 52.4 Å². The van der Waals surface area contributed by atoms with E-state index in [9.17, 15) is 9.59 Å². The van der Waals surface area contributed by atoms with Crippen LogP contribution < -0.4 is 4.90 Å². The van der Waals surface area contributed by atoms with Gasteiger partial charge in [-0.2, -0.15) is 0 Å². The van der Waals surface area contributed by atoms with Crippen molar-refractivity contribution in [2.45, 2.75) is 57.8 Å². The van der Waals surface area contributed by atoms with Gasteiger partial charge in [0.25, 0.3) is 0 Å². The number of carbonyl (C=O) groups is 2. The van der Waals surface area contributed by atoms with Gasteiger partial charge in [-0.25, -0.2) is 0 Å². The summed E-state index contributed by atoms with van der Waals surface area (Å²) in [5.74, 6) is 0.430.